The van der Waals surface area contributed by atoms with Gasteiger partial charge in [0, 0.05) is 74.7 Å². The lowest BCUT2D eigenvalue weighted by Gasteiger charge is -2.33. The lowest BCUT2D eigenvalue weighted by atomic mass is 9.85. The fourth-order valence-corrected chi connectivity index (χ4v) is 22.4. The van der Waals surface area contributed by atoms with Crippen molar-refractivity contribution in [2.75, 3.05) is 39.8 Å². The van der Waals surface area contributed by atoms with Crippen molar-refractivity contribution in [3.8, 4) is 34.5 Å². The molecular weight excluding hydrogens is 1520 g/mol. The molecule has 0 saturated heterocycles. The predicted octanol–water partition coefficient (Wildman–Crippen LogP) is 22.0. The Morgan fingerprint density at radius 2 is 0.763 bits per heavy atom. The third kappa shape index (κ3) is 24.6. The van der Waals surface area contributed by atoms with Crippen LogP contribution in [0.5, 0.6) is 34.5 Å². The minimum atomic E-state index is -4.60. The molecule has 1 heterocycles. The summed E-state index contributed by atoms with van der Waals surface area (Å²) >= 11 is 0. The number of carbonyl (C=O) groups excluding carboxylic acids is 6. The zero-order chi connectivity index (χ0) is 81.4. The van der Waals surface area contributed by atoms with Crippen LogP contribution in [0.2, 0.25) is 0 Å². The van der Waals surface area contributed by atoms with Gasteiger partial charge in [0.25, 0.3) is 7.37 Å². The van der Waals surface area contributed by atoms with E-state index in [0.29, 0.717) is 71.2 Å². The summed E-state index contributed by atoms with van der Waals surface area (Å²) in [6, 6.07) is 68.0. The largest absolute Gasteiger partial charge is 0.463 e. The van der Waals surface area contributed by atoms with E-state index < -0.39 is 42.2 Å². The number of benzene rings is 9. The summed E-state index contributed by atoms with van der Waals surface area (Å²) in [5.74, 6) is -2.82. The first kappa shape index (κ1) is 85.6. The smallest absolute Gasteiger partial charge is 0.460 e. The number of aryl methyl sites for hydroxylation is 1. The van der Waals surface area contributed by atoms with E-state index in [1.165, 1.54) is 0 Å². The Labute approximate surface area is 668 Å². The van der Waals surface area contributed by atoms with E-state index in [1.54, 1.807) is 213 Å². The fraction of sp³-hybridized carbons (Fsp3) is 0.287. The molecule has 1 aliphatic rings. The SMILES string of the molecule is CCC(CC(C/C=C/CCC(C)C(=O)Nc1ccc(OP2(Oc3ccc(NC(=O)C(C)C)cc3)=NP(Oc3ccc(C)cc3)(Oc3ccc(NC(=O)C(C)C)cc3)=NP(Oc3ccc(NC(=O)C(C)C)cc3)(Oc3cccc(NC(=O)C(C)C)c3)=N2)cc1)c1ccccc1)C(=O)OCCOP(=O)(c1ccccc1)c1ccccc1. The molecule has 0 bridgehead atoms. The molecule has 5 N–H and O–H groups in total. The van der Waals surface area contributed by atoms with E-state index in [-0.39, 0.29) is 113 Å². The van der Waals surface area contributed by atoms with E-state index in [4.69, 9.17) is 49.9 Å². The third-order valence-electron chi connectivity index (χ3n) is 18.0. The molecule has 0 saturated carbocycles. The van der Waals surface area contributed by atoms with Gasteiger partial charge in [-0.2, -0.15) is 0 Å². The maximum absolute atomic E-state index is 14.4. The third-order valence-corrected chi connectivity index (χ3v) is 28.6. The van der Waals surface area contributed by atoms with Crippen molar-refractivity contribution >= 4 is 105 Å². The molecule has 598 valence electrons. The van der Waals surface area contributed by atoms with Crippen LogP contribution in [-0.4, -0.2) is 48.7 Å². The summed E-state index contributed by atoms with van der Waals surface area (Å²) < 4.78 is 85.4. The van der Waals surface area contributed by atoms with Gasteiger partial charge < -0.3 is 63.0 Å². The monoisotopic (exact) mass is 1620 g/mol. The topological polar surface area (TPSA) is 291 Å². The second kappa shape index (κ2) is 40.3. The van der Waals surface area contributed by atoms with Crippen molar-refractivity contribution in [3.05, 3.63) is 260 Å². The lowest BCUT2D eigenvalue weighted by Crippen LogP contribution is -2.23. The number of esters is 1. The van der Waals surface area contributed by atoms with Crippen LogP contribution in [0.1, 0.15) is 118 Å². The van der Waals surface area contributed by atoms with Crippen LogP contribution in [0.4, 0.5) is 28.4 Å². The van der Waals surface area contributed by atoms with Crippen LogP contribution >= 0.6 is 30.3 Å². The average molecular weight is 1620 g/mol. The standard InChI is InChI=1S/C87H100N8O15P4/c1-12-66(87(101)103-56-57-104-111(102,80-32-21-15-22-33-80)81-34-23-16-24-35-81)58-68(67-27-18-14-19-28-67)29-20-13-17-26-65(11)86(100)91-72-44-54-77(55-45-72)108-113(107-76-50-40-70(41-51-76)89-83(97)61(4)5)93-112(105-74-46-36-64(10)37-47-74,106-75-48-38-69(39-49-75)88-82(96)60(2)3)94-114(95-113,109-78-52-42-71(43-53-78)90-84(98)62(6)7)110-79-31-25-30-73(59-79)92-85(99)63(8)9/h13-16,18-25,27-28,30-55,59-63,65-66,68H,12,17,26,29,56-58H2,1-11H3,(H,88,96)(H,89,97)(H,90,98)(H,91,100)(H,92,99)/b20-13+. The molecule has 0 fully saturated rings. The van der Waals surface area contributed by atoms with Crippen molar-refractivity contribution in [3.63, 3.8) is 0 Å². The number of carbonyl (C=O) groups is 6. The minimum Gasteiger partial charge on any atom is -0.463 e. The van der Waals surface area contributed by atoms with Crippen molar-refractivity contribution in [2.24, 2.45) is 49.1 Å². The molecule has 27 heteroatoms. The molecule has 0 radical (unpaired) electrons. The Hall–Kier alpha value is -10.8. The van der Waals surface area contributed by atoms with Gasteiger partial charge in [-0.25, -0.2) is 0 Å². The van der Waals surface area contributed by atoms with Crippen LogP contribution in [0.15, 0.2) is 262 Å². The summed E-state index contributed by atoms with van der Waals surface area (Å²) in [4.78, 5) is 80.3. The van der Waals surface area contributed by atoms with Gasteiger partial charge in [0.05, 0.1) is 12.5 Å². The Balaban J connectivity index is 0.960. The maximum Gasteiger partial charge on any atom is 0.460 e. The molecule has 114 heavy (non-hydrogen) atoms. The number of nitrogens with zero attached hydrogens (tertiary/aromatic N) is 3. The van der Waals surface area contributed by atoms with Crippen molar-refractivity contribution in [2.45, 2.75) is 114 Å². The number of amides is 5. The van der Waals surface area contributed by atoms with E-state index in [9.17, 15) is 33.3 Å². The summed E-state index contributed by atoms with van der Waals surface area (Å²) in [7, 11) is -17.2. The molecule has 1 aliphatic heterocycles. The Morgan fingerprint density at radius 3 is 1.15 bits per heavy atom. The lowest BCUT2D eigenvalue weighted by molar-refractivity contribution is -0.149. The summed E-state index contributed by atoms with van der Waals surface area (Å²) in [6.07, 6.45) is 6.97. The summed E-state index contributed by atoms with van der Waals surface area (Å²) in [6.45, 7) is 19.8. The fourth-order valence-electron chi connectivity index (χ4n) is 11.3. The zero-order valence-corrected chi connectivity index (χ0v) is 69.5. The average Bonchev–Trinajstić information content (AvgIpc) is 0.728. The molecule has 23 nitrogen and oxygen atoms in total. The van der Waals surface area contributed by atoms with Crippen LogP contribution < -0.4 is 64.3 Å². The van der Waals surface area contributed by atoms with Crippen LogP contribution in [0.25, 0.3) is 0 Å². The molecule has 9 aromatic rings. The first-order valence-electron chi connectivity index (χ1n) is 38.1. The van der Waals surface area contributed by atoms with Gasteiger partial charge >= 0.3 is 28.9 Å². The van der Waals surface area contributed by atoms with Crippen LogP contribution in [0, 0.1) is 42.4 Å². The van der Waals surface area contributed by atoms with Crippen molar-refractivity contribution in [1.82, 2.24) is 0 Å². The van der Waals surface area contributed by atoms with Crippen LogP contribution in [0.3, 0.4) is 0 Å². The Morgan fingerprint density at radius 1 is 0.404 bits per heavy atom. The van der Waals surface area contributed by atoms with Gasteiger partial charge in [0.15, 0.2) is 0 Å². The highest BCUT2D eigenvalue weighted by molar-refractivity contribution is 7.79. The molecule has 0 aromatic heterocycles. The number of hydrogen-bond donors (Lipinski definition) is 5. The predicted molar refractivity (Wildman–Crippen MR) is 454 cm³/mol. The van der Waals surface area contributed by atoms with E-state index in [0.717, 1.165) is 11.1 Å². The van der Waals surface area contributed by atoms with Gasteiger partial charge in [0.1, 0.15) is 41.1 Å². The summed E-state index contributed by atoms with van der Waals surface area (Å²) in [5.41, 5.74) is 4.18. The van der Waals surface area contributed by atoms with Gasteiger partial charge in [-0.05, 0) is 196 Å². The minimum absolute atomic E-state index is 0.0228. The molecule has 5 amide bonds. The highest BCUT2D eigenvalue weighted by Gasteiger charge is 2.49. The van der Waals surface area contributed by atoms with Gasteiger partial charge in [-0.3, -0.25) is 33.3 Å². The highest BCUT2D eigenvalue weighted by atomic mass is 31.3. The Bertz CT molecular complexity index is 4970. The molecule has 10 rings (SSSR count). The first-order chi connectivity index (χ1) is 54.7. The molecule has 6 atom stereocenters. The number of nitrogens with one attached hydrogen (secondary N) is 5. The zero-order valence-electron chi connectivity index (χ0n) is 65.9. The number of allylic oxidation sites excluding steroid dienone is 2. The van der Waals surface area contributed by atoms with Crippen molar-refractivity contribution < 1.29 is 69.7 Å². The number of ether oxygens (including phenoxy) is 1. The molecule has 6 unspecified atom stereocenters. The number of rotatable bonds is 38. The quantitative estimate of drug-likeness (QED) is 0.0104. The first-order valence-corrected chi connectivity index (χ1v) is 44.3. The van der Waals surface area contributed by atoms with E-state index in [1.807, 2.05) is 87.5 Å². The highest BCUT2D eigenvalue weighted by Crippen LogP contribution is 2.79. The number of anilines is 5. The molecule has 0 spiro atoms. The molecular formula is C87H100N8O15P4. The molecule has 9 aromatic carbocycles. The van der Waals surface area contributed by atoms with Crippen molar-refractivity contribution in [1.29, 1.82) is 0 Å². The van der Waals surface area contributed by atoms with E-state index >= 15 is 0 Å². The number of hydrogen-bond acceptors (Lipinski definition) is 18. The normalized spacial score (nSPS) is 16.7. The van der Waals surface area contributed by atoms with E-state index in [2.05, 4.69) is 50.9 Å². The van der Waals surface area contributed by atoms with Gasteiger partial charge in [0.2, 0.25) is 29.5 Å². The summed E-state index contributed by atoms with van der Waals surface area (Å²) in [5, 5.41) is 15.9. The maximum atomic E-state index is 14.4. The van der Waals surface area contributed by atoms with Gasteiger partial charge in [-0.15, -0.1) is 0 Å². The van der Waals surface area contributed by atoms with Gasteiger partial charge in [-0.1, -0.05) is 185 Å². The second-order valence-corrected chi connectivity index (χ2v) is 37.2. The second-order valence-electron chi connectivity index (χ2n) is 28.6. The molecule has 0 aliphatic carbocycles. The van der Waals surface area contributed by atoms with Crippen LogP contribution in [-0.2, 0) is 42.6 Å². The Kier molecular flexibility index (Phi) is 30.3.